The summed E-state index contributed by atoms with van der Waals surface area (Å²) >= 11 is 0. The quantitative estimate of drug-likeness (QED) is 0.670. The van der Waals surface area contributed by atoms with Crippen LogP contribution in [-0.2, 0) is 6.54 Å². The molecular weight excluding hydrogens is 355 g/mol. The van der Waals surface area contributed by atoms with Gasteiger partial charge in [-0.1, -0.05) is 29.8 Å². The van der Waals surface area contributed by atoms with Gasteiger partial charge in [-0.15, -0.1) is 0 Å². The summed E-state index contributed by atoms with van der Waals surface area (Å²) in [7, 11) is 0. The van der Waals surface area contributed by atoms with Crippen LogP contribution in [0.2, 0.25) is 0 Å². The standard InChI is InChI=1S/C22H23FN4O/c1-17-3-2-4-18(15-17)16-26-11-13-27(14-12-26)22-24-10-9-21(25-22)28-20-7-5-19(23)6-8-20/h2-10,15H,11-14,16H2,1H3. The third-order valence-corrected chi connectivity index (χ3v) is 4.80. The zero-order valence-electron chi connectivity index (χ0n) is 15.9. The maximum Gasteiger partial charge on any atom is 0.228 e. The van der Waals surface area contributed by atoms with E-state index in [0.717, 1.165) is 32.7 Å². The average molecular weight is 378 g/mol. The number of rotatable bonds is 5. The van der Waals surface area contributed by atoms with Crippen LogP contribution in [-0.4, -0.2) is 41.0 Å². The van der Waals surface area contributed by atoms with Crippen molar-refractivity contribution < 1.29 is 9.13 Å². The van der Waals surface area contributed by atoms with E-state index < -0.39 is 0 Å². The molecule has 1 aliphatic rings. The molecule has 1 aromatic heterocycles. The van der Waals surface area contributed by atoms with Crippen LogP contribution in [0.4, 0.5) is 10.3 Å². The van der Waals surface area contributed by atoms with Crippen molar-refractivity contribution in [2.75, 3.05) is 31.1 Å². The lowest BCUT2D eigenvalue weighted by Crippen LogP contribution is -2.46. The minimum Gasteiger partial charge on any atom is -0.439 e. The lowest BCUT2D eigenvalue weighted by molar-refractivity contribution is 0.248. The van der Waals surface area contributed by atoms with E-state index in [1.165, 1.54) is 23.3 Å². The zero-order valence-corrected chi connectivity index (χ0v) is 15.9. The summed E-state index contributed by atoms with van der Waals surface area (Å²) in [5.74, 6) is 1.38. The maximum absolute atomic E-state index is 13.0. The van der Waals surface area contributed by atoms with Crippen molar-refractivity contribution in [2.24, 2.45) is 0 Å². The van der Waals surface area contributed by atoms with E-state index in [2.05, 4.69) is 51.0 Å². The minimum absolute atomic E-state index is 0.292. The number of aryl methyl sites for hydroxylation is 1. The van der Waals surface area contributed by atoms with E-state index >= 15 is 0 Å². The normalized spacial score (nSPS) is 14.9. The molecule has 1 aliphatic heterocycles. The largest absolute Gasteiger partial charge is 0.439 e. The molecule has 0 amide bonds. The molecule has 0 bridgehead atoms. The lowest BCUT2D eigenvalue weighted by Gasteiger charge is -2.34. The molecule has 1 saturated heterocycles. The molecule has 2 aromatic carbocycles. The third kappa shape index (κ3) is 4.64. The van der Waals surface area contributed by atoms with Crippen LogP contribution in [0, 0.1) is 12.7 Å². The number of hydrogen-bond acceptors (Lipinski definition) is 5. The Morgan fingerprint density at radius 2 is 1.79 bits per heavy atom. The Morgan fingerprint density at radius 1 is 1.00 bits per heavy atom. The van der Waals surface area contributed by atoms with Gasteiger partial charge < -0.3 is 9.64 Å². The molecule has 6 heteroatoms. The van der Waals surface area contributed by atoms with Gasteiger partial charge in [-0.2, -0.15) is 4.98 Å². The average Bonchev–Trinajstić information content (AvgIpc) is 2.71. The molecule has 0 N–H and O–H groups in total. The van der Waals surface area contributed by atoms with Gasteiger partial charge >= 0.3 is 0 Å². The molecule has 3 aromatic rings. The predicted octanol–water partition coefficient (Wildman–Crippen LogP) is 4.04. The van der Waals surface area contributed by atoms with Gasteiger partial charge in [0.1, 0.15) is 11.6 Å². The first-order chi connectivity index (χ1) is 13.7. The van der Waals surface area contributed by atoms with E-state index in [9.17, 15) is 4.39 Å². The second-order valence-electron chi connectivity index (χ2n) is 7.00. The Kier molecular flexibility index (Phi) is 5.48. The van der Waals surface area contributed by atoms with Crippen LogP contribution in [0.1, 0.15) is 11.1 Å². The number of nitrogens with zero attached hydrogens (tertiary/aromatic N) is 4. The number of halogens is 1. The van der Waals surface area contributed by atoms with E-state index in [4.69, 9.17) is 4.74 Å². The van der Waals surface area contributed by atoms with Crippen molar-refractivity contribution >= 4 is 5.95 Å². The number of hydrogen-bond donors (Lipinski definition) is 0. The lowest BCUT2D eigenvalue weighted by atomic mass is 10.1. The monoisotopic (exact) mass is 378 g/mol. The Labute approximate surface area is 164 Å². The van der Waals surface area contributed by atoms with Crippen LogP contribution in [0.15, 0.2) is 60.8 Å². The fourth-order valence-electron chi connectivity index (χ4n) is 3.34. The second-order valence-corrected chi connectivity index (χ2v) is 7.00. The van der Waals surface area contributed by atoms with Crippen LogP contribution in [0.25, 0.3) is 0 Å². The number of aromatic nitrogens is 2. The van der Waals surface area contributed by atoms with Crippen molar-refractivity contribution in [3.05, 3.63) is 77.7 Å². The molecule has 0 saturated carbocycles. The highest BCUT2D eigenvalue weighted by molar-refractivity contribution is 5.35. The SMILES string of the molecule is Cc1cccc(CN2CCN(c3nccc(Oc4ccc(F)cc4)n3)CC2)c1. The van der Waals surface area contributed by atoms with E-state index in [0.29, 0.717) is 17.6 Å². The molecule has 5 nitrogen and oxygen atoms in total. The van der Waals surface area contributed by atoms with Gasteiger partial charge in [0.15, 0.2) is 0 Å². The van der Waals surface area contributed by atoms with Crippen molar-refractivity contribution in [1.82, 2.24) is 14.9 Å². The van der Waals surface area contributed by atoms with E-state index in [-0.39, 0.29) is 5.82 Å². The first kappa shape index (κ1) is 18.4. The summed E-state index contributed by atoms with van der Waals surface area (Å²) in [6.07, 6.45) is 1.69. The molecule has 0 unspecified atom stereocenters. The van der Waals surface area contributed by atoms with Crippen molar-refractivity contribution in [1.29, 1.82) is 0 Å². The molecule has 144 valence electrons. The molecule has 1 fully saturated rings. The van der Waals surface area contributed by atoms with Crippen LogP contribution in [0.5, 0.6) is 11.6 Å². The molecule has 0 radical (unpaired) electrons. The fourth-order valence-corrected chi connectivity index (χ4v) is 3.34. The molecule has 2 heterocycles. The van der Waals surface area contributed by atoms with Gasteiger partial charge in [0.05, 0.1) is 0 Å². The van der Waals surface area contributed by atoms with Gasteiger partial charge in [0, 0.05) is 45.0 Å². The second kappa shape index (κ2) is 8.35. The van der Waals surface area contributed by atoms with Crippen molar-refractivity contribution in [3.8, 4) is 11.6 Å². The topological polar surface area (TPSA) is 41.5 Å². The highest BCUT2D eigenvalue weighted by Gasteiger charge is 2.19. The van der Waals surface area contributed by atoms with Gasteiger partial charge in [-0.3, -0.25) is 4.90 Å². The number of benzene rings is 2. The molecular formula is C22H23FN4O. The number of ether oxygens (including phenoxy) is 1. The Balaban J connectivity index is 1.36. The fraction of sp³-hybridized carbons (Fsp3) is 0.273. The zero-order chi connectivity index (χ0) is 19.3. The predicted molar refractivity (Wildman–Crippen MR) is 107 cm³/mol. The molecule has 0 aliphatic carbocycles. The Bertz CT molecular complexity index is 924. The van der Waals surface area contributed by atoms with Gasteiger partial charge in [0.2, 0.25) is 11.8 Å². The highest BCUT2D eigenvalue weighted by Crippen LogP contribution is 2.22. The molecule has 0 spiro atoms. The highest BCUT2D eigenvalue weighted by atomic mass is 19.1. The molecule has 4 rings (SSSR count). The summed E-state index contributed by atoms with van der Waals surface area (Å²) in [6, 6.07) is 16.3. The Morgan fingerprint density at radius 3 is 2.54 bits per heavy atom. The summed E-state index contributed by atoms with van der Waals surface area (Å²) in [4.78, 5) is 13.5. The smallest absolute Gasteiger partial charge is 0.228 e. The molecule has 0 atom stereocenters. The van der Waals surface area contributed by atoms with Crippen LogP contribution < -0.4 is 9.64 Å². The van der Waals surface area contributed by atoms with Crippen molar-refractivity contribution in [3.63, 3.8) is 0 Å². The third-order valence-electron chi connectivity index (χ3n) is 4.80. The van der Waals surface area contributed by atoms with Crippen LogP contribution in [0.3, 0.4) is 0 Å². The summed E-state index contributed by atoms with van der Waals surface area (Å²) in [5, 5.41) is 0. The molecule has 28 heavy (non-hydrogen) atoms. The summed E-state index contributed by atoms with van der Waals surface area (Å²) < 4.78 is 18.8. The van der Waals surface area contributed by atoms with Gasteiger partial charge in [-0.05, 0) is 36.8 Å². The first-order valence-electron chi connectivity index (χ1n) is 9.45. The summed E-state index contributed by atoms with van der Waals surface area (Å²) in [6.45, 7) is 6.74. The maximum atomic E-state index is 13.0. The van der Waals surface area contributed by atoms with Gasteiger partial charge in [0.25, 0.3) is 0 Å². The number of piperazine rings is 1. The van der Waals surface area contributed by atoms with E-state index in [1.807, 2.05) is 0 Å². The first-order valence-corrected chi connectivity index (χ1v) is 9.45. The Hall–Kier alpha value is -2.99. The number of anilines is 1. The van der Waals surface area contributed by atoms with Crippen LogP contribution >= 0.6 is 0 Å². The van der Waals surface area contributed by atoms with Gasteiger partial charge in [-0.25, -0.2) is 9.37 Å². The summed E-state index contributed by atoms with van der Waals surface area (Å²) in [5.41, 5.74) is 2.64. The van der Waals surface area contributed by atoms with E-state index in [1.54, 1.807) is 24.4 Å². The van der Waals surface area contributed by atoms with Crippen molar-refractivity contribution in [2.45, 2.75) is 13.5 Å². The minimum atomic E-state index is -0.292.